The van der Waals surface area contributed by atoms with Gasteiger partial charge in [0, 0.05) is 52.7 Å². The molecule has 4 aliphatic rings. The molecule has 3 aliphatic carbocycles. The van der Waals surface area contributed by atoms with E-state index in [0.29, 0.717) is 31.0 Å². The molecule has 174 valence electrons. The van der Waals surface area contributed by atoms with Crippen LogP contribution in [0.3, 0.4) is 0 Å². The number of benzene rings is 1. The lowest BCUT2D eigenvalue weighted by Crippen LogP contribution is -2.52. The summed E-state index contributed by atoms with van der Waals surface area (Å²) in [5.74, 6) is 1.10. The number of nitrogens with one attached hydrogen (secondary N) is 1. The number of urea groups is 1. The van der Waals surface area contributed by atoms with Crippen molar-refractivity contribution in [3.63, 3.8) is 0 Å². The molecule has 1 aliphatic heterocycles. The van der Waals surface area contributed by atoms with E-state index >= 15 is 0 Å². The quantitative estimate of drug-likeness (QED) is 0.682. The van der Waals surface area contributed by atoms with Crippen molar-refractivity contribution in [3.05, 3.63) is 41.7 Å². The minimum absolute atomic E-state index is 0.119. The van der Waals surface area contributed by atoms with E-state index in [0.717, 1.165) is 38.5 Å². The zero-order valence-corrected chi connectivity index (χ0v) is 19.4. The van der Waals surface area contributed by atoms with Crippen LogP contribution in [0.1, 0.15) is 33.6 Å². The third kappa shape index (κ3) is 4.68. The Labute approximate surface area is 190 Å². The highest BCUT2D eigenvalue weighted by molar-refractivity contribution is 5.89. The van der Waals surface area contributed by atoms with E-state index in [2.05, 4.69) is 30.1 Å². The fourth-order valence-electron chi connectivity index (χ4n) is 5.42. The second kappa shape index (κ2) is 9.22. The maximum atomic E-state index is 13.8. The highest BCUT2D eigenvalue weighted by atomic mass is 19.1. The number of rotatable bonds is 6. The summed E-state index contributed by atoms with van der Waals surface area (Å²) in [6.45, 7) is 11.3. The minimum atomic E-state index is -0.433. The predicted octanol–water partition coefficient (Wildman–Crippen LogP) is 3.82. The van der Waals surface area contributed by atoms with E-state index in [1.165, 1.54) is 18.1 Å². The lowest BCUT2D eigenvalue weighted by Gasteiger charge is -2.57. The Kier molecular flexibility index (Phi) is 6.56. The van der Waals surface area contributed by atoms with Gasteiger partial charge in [0.2, 0.25) is 5.91 Å². The van der Waals surface area contributed by atoms with Crippen LogP contribution >= 0.6 is 0 Å². The third-order valence-electron chi connectivity index (χ3n) is 7.86. The number of nitrogens with zero attached hydrogens (tertiary/aromatic N) is 3. The van der Waals surface area contributed by atoms with Crippen molar-refractivity contribution in [2.75, 3.05) is 51.1 Å². The van der Waals surface area contributed by atoms with Gasteiger partial charge in [-0.15, -0.1) is 0 Å². The first kappa shape index (κ1) is 22.8. The van der Waals surface area contributed by atoms with Crippen molar-refractivity contribution < 1.29 is 14.0 Å². The Bertz CT molecular complexity index is 892. The average Bonchev–Trinajstić information content (AvgIpc) is 2.78. The molecular formula is C25H35FN4O2. The summed E-state index contributed by atoms with van der Waals surface area (Å²) in [6, 6.07) is 5.92. The molecule has 2 unspecified atom stereocenters. The number of fused-ring (bicyclic) bond motifs is 1. The topological polar surface area (TPSA) is 55.9 Å². The summed E-state index contributed by atoms with van der Waals surface area (Å²) in [7, 11) is 0. The first-order valence-electron chi connectivity index (χ1n) is 11.7. The second-order valence-corrected chi connectivity index (χ2v) is 10.0. The Hall–Kier alpha value is -2.41. The summed E-state index contributed by atoms with van der Waals surface area (Å²) in [6.07, 6.45) is 4.77. The fraction of sp³-hybridized carbons (Fsp3) is 0.600. The summed E-state index contributed by atoms with van der Waals surface area (Å²) >= 11 is 0. The number of carbonyl (C=O) groups excluding carboxylic acids is 2. The minimum Gasteiger partial charge on any atom is -0.338 e. The number of piperazine rings is 1. The lowest BCUT2D eigenvalue weighted by molar-refractivity contribution is -0.129. The monoisotopic (exact) mass is 442 g/mol. The summed E-state index contributed by atoms with van der Waals surface area (Å²) in [5, 5.41) is 2.65. The van der Waals surface area contributed by atoms with Crippen molar-refractivity contribution in [1.29, 1.82) is 0 Å². The lowest BCUT2D eigenvalue weighted by atomic mass is 9.49. The van der Waals surface area contributed by atoms with E-state index in [4.69, 9.17) is 0 Å². The van der Waals surface area contributed by atoms with Crippen LogP contribution in [0.4, 0.5) is 14.9 Å². The van der Waals surface area contributed by atoms with Crippen LogP contribution in [0, 0.1) is 23.1 Å². The molecule has 0 radical (unpaired) electrons. The fourth-order valence-corrected chi connectivity index (χ4v) is 5.42. The molecule has 3 amide bonds. The van der Waals surface area contributed by atoms with Gasteiger partial charge in [0.25, 0.3) is 0 Å². The van der Waals surface area contributed by atoms with Gasteiger partial charge in [0.1, 0.15) is 5.82 Å². The maximum Gasteiger partial charge on any atom is 0.322 e. The molecule has 1 aromatic carbocycles. The van der Waals surface area contributed by atoms with Crippen molar-refractivity contribution in [1.82, 2.24) is 14.7 Å². The van der Waals surface area contributed by atoms with E-state index < -0.39 is 5.82 Å². The molecule has 2 bridgehead atoms. The van der Waals surface area contributed by atoms with Gasteiger partial charge in [-0.2, -0.15) is 0 Å². The predicted molar refractivity (Wildman–Crippen MR) is 124 cm³/mol. The number of allylic oxidation sites excluding steroid dienone is 1. The van der Waals surface area contributed by atoms with Gasteiger partial charge in [-0.25, -0.2) is 9.18 Å². The highest BCUT2D eigenvalue weighted by Crippen LogP contribution is 2.59. The van der Waals surface area contributed by atoms with Crippen LogP contribution in [0.25, 0.3) is 0 Å². The molecule has 0 spiro atoms. The number of para-hydroxylation sites is 1. The molecule has 0 aromatic heterocycles. The van der Waals surface area contributed by atoms with E-state index in [1.807, 2.05) is 4.90 Å². The van der Waals surface area contributed by atoms with Crippen LogP contribution in [-0.2, 0) is 4.79 Å². The van der Waals surface area contributed by atoms with E-state index in [9.17, 15) is 14.0 Å². The van der Waals surface area contributed by atoms with E-state index in [1.54, 1.807) is 30.0 Å². The van der Waals surface area contributed by atoms with Gasteiger partial charge < -0.3 is 15.1 Å². The first-order valence-corrected chi connectivity index (χ1v) is 11.7. The van der Waals surface area contributed by atoms with Gasteiger partial charge in [0.05, 0.1) is 5.69 Å². The number of halogens is 1. The van der Waals surface area contributed by atoms with Crippen LogP contribution in [-0.4, -0.2) is 72.5 Å². The SMILES string of the molecule is CC(=O)N(CCN1CCN(C(=O)Nc2ccccc2F)CC1)CC1=CCC2CC1C2(C)C. The Morgan fingerprint density at radius 1 is 1.19 bits per heavy atom. The van der Waals surface area contributed by atoms with Crippen LogP contribution in [0.15, 0.2) is 35.9 Å². The number of hydrogen-bond acceptors (Lipinski definition) is 3. The Balaban J connectivity index is 1.24. The summed E-state index contributed by atoms with van der Waals surface area (Å²) in [4.78, 5) is 30.7. The van der Waals surface area contributed by atoms with Gasteiger partial charge in [-0.3, -0.25) is 9.69 Å². The summed E-state index contributed by atoms with van der Waals surface area (Å²) in [5.41, 5.74) is 2.00. The highest BCUT2D eigenvalue weighted by Gasteiger charge is 2.51. The smallest absolute Gasteiger partial charge is 0.322 e. The van der Waals surface area contributed by atoms with Crippen molar-refractivity contribution in [2.45, 2.75) is 33.6 Å². The molecule has 2 atom stereocenters. The summed E-state index contributed by atoms with van der Waals surface area (Å²) < 4.78 is 13.8. The number of carbonyl (C=O) groups is 2. The van der Waals surface area contributed by atoms with Gasteiger partial charge in [-0.1, -0.05) is 37.6 Å². The zero-order chi connectivity index (χ0) is 22.9. The number of amides is 3. The number of anilines is 1. The van der Waals surface area contributed by atoms with Crippen LogP contribution in [0.5, 0.6) is 0 Å². The molecule has 1 saturated heterocycles. The van der Waals surface area contributed by atoms with Crippen LogP contribution in [0.2, 0.25) is 0 Å². The van der Waals surface area contributed by atoms with E-state index in [-0.39, 0.29) is 17.6 Å². The molecule has 6 nitrogen and oxygen atoms in total. The van der Waals surface area contributed by atoms with Crippen molar-refractivity contribution in [3.8, 4) is 0 Å². The average molecular weight is 443 g/mol. The molecule has 2 fully saturated rings. The molecular weight excluding hydrogens is 407 g/mol. The molecule has 5 rings (SSSR count). The molecule has 1 saturated carbocycles. The standard InChI is InChI=1S/C25H35FN4O2/c1-18(31)30(17-19-8-9-20-16-21(19)25(20,2)3)15-12-28-10-13-29(14-11-28)24(32)27-23-7-5-4-6-22(23)26/h4-8,20-21H,9-17H2,1-3H3,(H,27,32). The van der Waals surface area contributed by atoms with Crippen molar-refractivity contribution >= 4 is 17.6 Å². The first-order chi connectivity index (χ1) is 15.3. The Morgan fingerprint density at radius 3 is 2.53 bits per heavy atom. The maximum absolute atomic E-state index is 13.8. The van der Waals surface area contributed by atoms with Gasteiger partial charge in [0.15, 0.2) is 0 Å². The van der Waals surface area contributed by atoms with Crippen LogP contribution < -0.4 is 5.32 Å². The van der Waals surface area contributed by atoms with Gasteiger partial charge >= 0.3 is 6.03 Å². The number of hydrogen-bond donors (Lipinski definition) is 1. The molecule has 7 heteroatoms. The largest absolute Gasteiger partial charge is 0.338 e. The normalized spacial score (nSPS) is 24.4. The third-order valence-corrected chi connectivity index (χ3v) is 7.86. The molecule has 1 heterocycles. The molecule has 1 N–H and O–H groups in total. The zero-order valence-electron chi connectivity index (χ0n) is 19.4. The Morgan fingerprint density at radius 2 is 1.91 bits per heavy atom. The molecule has 1 aromatic rings. The second-order valence-electron chi connectivity index (χ2n) is 10.0. The molecule has 32 heavy (non-hydrogen) atoms. The van der Waals surface area contributed by atoms with Crippen molar-refractivity contribution in [2.24, 2.45) is 17.3 Å². The van der Waals surface area contributed by atoms with Gasteiger partial charge in [-0.05, 0) is 42.2 Å².